The molecule has 0 spiro atoms. The number of carboxylic acids is 1. The number of carboxylic acid groups (broad SMARTS) is 1. The van der Waals surface area contributed by atoms with Gasteiger partial charge in [0.25, 0.3) is 12.4 Å². The molecule has 1 amide bonds. The number of carbonyl (C=O) groups excluding carboxylic acids is 2. The Labute approximate surface area is 371 Å². The number of carbonyl (C=O) groups is 3. The molecule has 3 aliphatic carbocycles. The number of hydrogen-bond donors (Lipinski definition) is 2. The average Bonchev–Trinajstić information content (AvgIpc) is 4.01. The molecule has 12 nitrogen and oxygen atoms in total. The van der Waals surface area contributed by atoms with Gasteiger partial charge in [-0.25, -0.2) is 14.4 Å². The Hall–Kier alpha value is -4.56. The van der Waals surface area contributed by atoms with Gasteiger partial charge in [-0.3, -0.25) is 24.2 Å². The van der Waals surface area contributed by atoms with E-state index in [1.807, 2.05) is 42.3 Å². The van der Waals surface area contributed by atoms with Crippen LogP contribution < -0.4 is 5.32 Å². The van der Waals surface area contributed by atoms with Crippen LogP contribution in [0.4, 0.5) is 10.1 Å². The summed E-state index contributed by atoms with van der Waals surface area (Å²) in [6.45, 7) is 6.35. The molecule has 2 aromatic heterocycles. The number of fused-ring (bicyclic) bond motifs is 4. The third-order valence-electron chi connectivity index (χ3n) is 15.2. The van der Waals surface area contributed by atoms with Gasteiger partial charge in [0.2, 0.25) is 0 Å². The summed E-state index contributed by atoms with van der Waals surface area (Å²) in [6, 6.07) is 11.0. The van der Waals surface area contributed by atoms with Crippen molar-refractivity contribution in [3.8, 4) is 11.1 Å². The molecule has 15 heteroatoms. The summed E-state index contributed by atoms with van der Waals surface area (Å²) in [7, 11) is 3.71. The van der Waals surface area contributed by atoms with E-state index in [4.69, 9.17) is 37.9 Å². The number of aliphatic carboxylic acids is 1. The van der Waals surface area contributed by atoms with Crippen LogP contribution in [0.2, 0.25) is 10.0 Å². The molecule has 9 rings (SSSR count). The number of nitrogens with zero attached hydrogens (tertiary/aromatic N) is 6. The summed E-state index contributed by atoms with van der Waals surface area (Å²) in [4.78, 5) is 51.1. The van der Waals surface area contributed by atoms with Gasteiger partial charge in [0.15, 0.2) is 17.5 Å². The summed E-state index contributed by atoms with van der Waals surface area (Å²) >= 11 is 14.0. The van der Waals surface area contributed by atoms with E-state index in [0.717, 1.165) is 107 Å². The number of hydrogen-bond acceptors (Lipinski definition) is 8. The highest BCUT2D eigenvalue weighted by atomic mass is 35.5. The van der Waals surface area contributed by atoms with E-state index in [-0.39, 0.29) is 28.8 Å². The first-order valence-electron chi connectivity index (χ1n) is 21.9. The fourth-order valence-corrected chi connectivity index (χ4v) is 11.8. The molecule has 0 saturated heterocycles. The van der Waals surface area contributed by atoms with Crippen molar-refractivity contribution in [2.24, 2.45) is 24.9 Å². The van der Waals surface area contributed by atoms with Crippen LogP contribution in [0.3, 0.4) is 0 Å². The van der Waals surface area contributed by atoms with E-state index < -0.39 is 17.2 Å². The molecule has 0 atom stereocenters. The zero-order valence-corrected chi connectivity index (χ0v) is 37.1. The molecule has 5 aliphatic rings. The Morgan fingerprint density at radius 1 is 0.903 bits per heavy atom. The van der Waals surface area contributed by atoms with Crippen molar-refractivity contribution < 1.29 is 28.6 Å². The van der Waals surface area contributed by atoms with Crippen molar-refractivity contribution in [2.45, 2.75) is 109 Å². The van der Waals surface area contributed by atoms with Gasteiger partial charge >= 0.3 is 5.97 Å². The lowest BCUT2D eigenvalue weighted by Gasteiger charge is -2.41. The van der Waals surface area contributed by atoms with E-state index in [0.29, 0.717) is 70.7 Å². The minimum absolute atomic E-state index is 0.225. The zero-order valence-electron chi connectivity index (χ0n) is 35.6. The molecular weight excluding hydrogens is 832 g/mol. The van der Waals surface area contributed by atoms with Crippen LogP contribution in [0.15, 0.2) is 36.4 Å². The number of ether oxygens (including phenoxy) is 1. The summed E-state index contributed by atoms with van der Waals surface area (Å²) in [5.41, 5.74) is 5.11. The van der Waals surface area contributed by atoms with Crippen molar-refractivity contribution >= 4 is 59.1 Å². The molecule has 0 unspecified atom stereocenters. The number of benzene rings is 2. The van der Waals surface area contributed by atoms with E-state index >= 15 is 4.39 Å². The molecule has 2 N–H and O–H groups in total. The molecule has 4 heterocycles. The maximum absolute atomic E-state index is 16.2. The fraction of sp³-hybridized carbons (Fsp3) is 0.511. The number of amides is 1. The number of rotatable bonds is 12. The lowest BCUT2D eigenvalue weighted by atomic mass is 9.73. The number of halogens is 3. The highest BCUT2D eigenvalue weighted by molar-refractivity contribution is 6.39. The monoisotopic (exact) mass is 885 g/mol. The molecule has 2 bridgehead atoms. The van der Waals surface area contributed by atoms with Gasteiger partial charge in [-0.1, -0.05) is 53.5 Å². The van der Waals surface area contributed by atoms with Gasteiger partial charge in [-0.05, 0) is 101 Å². The Morgan fingerprint density at radius 3 is 2.26 bits per heavy atom. The van der Waals surface area contributed by atoms with Gasteiger partial charge in [-0.2, -0.15) is 0 Å². The Bertz CT molecular complexity index is 2460. The topological polar surface area (TPSA) is 135 Å². The van der Waals surface area contributed by atoms with Gasteiger partial charge in [0, 0.05) is 81.7 Å². The van der Waals surface area contributed by atoms with Crippen LogP contribution in [-0.2, 0) is 54.4 Å². The summed E-state index contributed by atoms with van der Waals surface area (Å²) in [5.74, 6) is -1.09. The number of nitrogens with one attached hydrogen (secondary N) is 1. The van der Waals surface area contributed by atoms with Crippen molar-refractivity contribution in [1.82, 2.24) is 28.9 Å². The Kier molecular flexibility index (Phi) is 11.4. The van der Waals surface area contributed by atoms with E-state index in [9.17, 15) is 19.5 Å². The highest BCUT2D eigenvalue weighted by Crippen LogP contribution is 2.59. The second kappa shape index (κ2) is 16.5. The normalized spacial score (nSPS) is 26.3. The Morgan fingerprint density at radius 2 is 1.55 bits per heavy atom. The zero-order chi connectivity index (χ0) is 43.6. The van der Waals surface area contributed by atoms with E-state index in [1.165, 1.54) is 6.08 Å². The molecule has 2 aromatic carbocycles. The number of anilines is 1. The van der Waals surface area contributed by atoms with Crippen molar-refractivity contribution in [3.05, 3.63) is 86.4 Å². The average molecular weight is 887 g/mol. The standard InChI is InChI=1S/C47H54Cl2FN7O5/c1-45(44(60)61)14-10-30(11-15-45)57-22-13-38-36(26-57)51-41(54(38)2)33(50)24-29-6-4-7-31(39(29)48)32-8-5-9-34(40(32)49)53-43(59)42-52-35-25-56(21-12-37(35)55(42)3)23-20-46-16-18-47(27-46,19-17-46)62-28-58/h4-9,24,28,30H,10-23,25-27H2,1-3H3,(H,53,59)(H,60,61)/b33-24-. The van der Waals surface area contributed by atoms with Crippen LogP contribution >= 0.6 is 23.2 Å². The maximum Gasteiger partial charge on any atom is 0.309 e. The second-order valence-corrected chi connectivity index (χ2v) is 19.5. The first-order chi connectivity index (χ1) is 29.7. The highest BCUT2D eigenvalue weighted by Gasteiger charge is 2.55. The van der Waals surface area contributed by atoms with E-state index in [2.05, 4.69) is 15.1 Å². The summed E-state index contributed by atoms with van der Waals surface area (Å²) in [5, 5.41) is 13.3. The van der Waals surface area contributed by atoms with Crippen LogP contribution in [0.1, 0.15) is 116 Å². The minimum Gasteiger partial charge on any atom is -0.481 e. The van der Waals surface area contributed by atoms with Crippen molar-refractivity contribution in [2.75, 3.05) is 25.0 Å². The van der Waals surface area contributed by atoms with Gasteiger partial charge < -0.3 is 24.3 Å². The molecular formula is C47H54Cl2FN7O5. The lowest BCUT2D eigenvalue weighted by molar-refractivity contribution is -0.150. The molecule has 4 aromatic rings. The third kappa shape index (κ3) is 7.77. The van der Waals surface area contributed by atoms with Crippen LogP contribution in [0, 0.1) is 10.8 Å². The maximum atomic E-state index is 16.2. The van der Waals surface area contributed by atoms with Crippen LogP contribution in [0.25, 0.3) is 23.0 Å². The summed E-state index contributed by atoms with van der Waals surface area (Å²) < 4.78 is 25.4. The molecule has 3 fully saturated rings. The predicted molar refractivity (Wildman–Crippen MR) is 236 cm³/mol. The fourth-order valence-electron chi connectivity index (χ4n) is 11.2. The quantitative estimate of drug-likeness (QED) is 0.134. The molecule has 0 radical (unpaired) electrons. The molecule has 62 heavy (non-hydrogen) atoms. The smallest absolute Gasteiger partial charge is 0.309 e. The SMILES string of the molecule is Cn1c(C(=O)Nc2cccc(-c3cccc(/C=C(\F)c4nc5c(n4C)CCN(C4CCC(C)(C(=O)O)CC4)C5)c3Cl)c2Cl)nc2c1CCN(CCC13CCC(OC=O)(CC1)C3)C2. The third-order valence-corrected chi connectivity index (χ3v) is 16.0. The second-order valence-electron chi connectivity index (χ2n) is 18.8. The van der Waals surface area contributed by atoms with E-state index in [1.54, 1.807) is 24.3 Å². The number of imidazole rings is 2. The first-order valence-corrected chi connectivity index (χ1v) is 22.6. The van der Waals surface area contributed by atoms with Gasteiger partial charge in [0.05, 0.1) is 32.5 Å². The Balaban J connectivity index is 0.867. The minimum atomic E-state index is -0.729. The van der Waals surface area contributed by atoms with Gasteiger partial charge in [0.1, 0.15) is 5.60 Å². The van der Waals surface area contributed by atoms with Gasteiger partial charge in [-0.15, -0.1) is 0 Å². The molecule has 2 aliphatic heterocycles. The number of aromatic nitrogens is 4. The predicted octanol–water partition coefficient (Wildman–Crippen LogP) is 8.86. The molecule has 3 saturated carbocycles. The first kappa shape index (κ1) is 42.7. The summed E-state index contributed by atoms with van der Waals surface area (Å²) in [6.07, 6.45) is 11.9. The molecule has 328 valence electrons. The van der Waals surface area contributed by atoms with Crippen LogP contribution in [-0.4, -0.2) is 83.6 Å². The van der Waals surface area contributed by atoms with Crippen molar-refractivity contribution in [1.29, 1.82) is 0 Å². The lowest BCUT2D eigenvalue weighted by Crippen LogP contribution is -2.44. The van der Waals surface area contributed by atoms with Crippen molar-refractivity contribution in [3.63, 3.8) is 0 Å². The van der Waals surface area contributed by atoms with Crippen LogP contribution in [0.5, 0.6) is 0 Å². The largest absolute Gasteiger partial charge is 0.481 e.